The van der Waals surface area contributed by atoms with Gasteiger partial charge in [-0.05, 0) is 45.0 Å². The van der Waals surface area contributed by atoms with Crippen molar-refractivity contribution in [1.82, 2.24) is 10.0 Å². The van der Waals surface area contributed by atoms with E-state index in [0.29, 0.717) is 5.75 Å². The molecule has 1 saturated heterocycles. The molecule has 2 rings (SSSR count). The number of nitrogens with one attached hydrogen (secondary N) is 2. The zero-order valence-corrected chi connectivity index (χ0v) is 12.6. The predicted octanol–water partition coefficient (Wildman–Crippen LogP) is 1.05. The molecule has 2 N–H and O–H groups in total. The maximum absolute atomic E-state index is 11.9. The predicted molar refractivity (Wildman–Crippen MR) is 79.5 cm³/mol. The quantitative estimate of drug-likeness (QED) is 0.823. The Morgan fingerprint density at radius 1 is 1.25 bits per heavy atom. The van der Waals surface area contributed by atoms with Gasteiger partial charge in [0.2, 0.25) is 10.0 Å². The highest BCUT2D eigenvalue weighted by Crippen LogP contribution is 2.11. The molecule has 0 spiro atoms. The second-order valence-electron chi connectivity index (χ2n) is 5.12. The molecule has 20 heavy (non-hydrogen) atoms. The van der Waals surface area contributed by atoms with E-state index in [2.05, 4.69) is 10.0 Å². The van der Waals surface area contributed by atoms with Gasteiger partial charge in [-0.15, -0.1) is 0 Å². The molecule has 0 radical (unpaired) electrons. The molecule has 1 fully saturated rings. The fourth-order valence-electron chi connectivity index (χ4n) is 2.16. The maximum Gasteiger partial charge on any atom is 0.215 e. The summed E-state index contributed by atoms with van der Waals surface area (Å²) in [5, 5.41) is 3.21. The smallest absolute Gasteiger partial charge is 0.215 e. The lowest BCUT2D eigenvalue weighted by Crippen LogP contribution is -2.44. The number of hydrogen-bond acceptors (Lipinski definition) is 4. The first-order valence-corrected chi connectivity index (χ1v) is 8.60. The Morgan fingerprint density at radius 2 is 1.90 bits per heavy atom. The zero-order chi connectivity index (χ0) is 14.4. The molecular formula is C14H22N2O3S. The van der Waals surface area contributed by atoms with E-state index in [1.165, 1.54) is 0 Å². The van der Waals surface area contributed by atoms with Crippen LogP contribution in [0.5, 0.6) is 5.75 Å². The van der Waals surface area contributed by atoms with Gasteiger partial charge < -0.3 is 10.1 Å². The minimum atomic E-state index is -3.26. The monoisotopic (exact) mass is 298 g/mol. The van der Waals surface area contributed by atoms with Crippen molar-refractivity contribution in [3.05, 3.63) is 29.8 Å². The van der Waals surface area contributed by atoms with E-state index in [-0.39, 0.29) is 18.4 Å². The van der Waals surface area contributed by atoms with Crippen LogP contribution in [-0.2, 0) is 10.0 Å². The first kappa shape index (κ1) is 15.3. The molecule has 1 aromatic rings. The number of rotatable bonds is 6. The Kier molecular flexibility index (Phi) is 5.39. The second-order valence-corrected chi connectivity index (χ2v) is 7.00. The average molecular weight is 298 g/mol. The van der Waals surface area contributed by atoms with Gasteiger partial charge in [0, 0.05) is 6.04 Å². The third-order valence-electron chi connectivity index (χ3n) is 3.33. The second kappa shape index (κ2) is 7.06. The van der Waals surface area contributed by atoms with Crippen LogP contribution in [0.1, 0.15) is 18.4 Å². The van der Waals surface area contributed by atoms with Crippen LogP contribution in [0.25, 0.3) is 0 Å². The summed E-state index contributed by atoms with van der Waals surface area (Å²) >= 11 is 0. The highest BCUT2D eigenvalue weighted by atomic mass is 32.2. The van der Waals surface area contributed by atoms with Crippen molar-refractivity contribution in [3.63, 3.8) is 0 Å². The molecule has 0 aromatic heterocycles. The fourth-order valence-corrected chi connectivity index (χ4v) is 3.32. The molecular weight excluding hydrogens is 276 g/mol. The van der Waals surface area contributed by atoms with Crippen LogP contribution in [0, 0.1) is 6.92 Å². The number of hydrogen-bond donors (Lipinski definition) is 2. The van der Waals surface area contributed by atoms with E-state index < -0.39 is 10.0 Å². The van der Waals surface area contributed by atoms with Crippen molar-refractivity contribution in [2.24, 2.45) is 0 Å². The summed E-state index contributed by atoms with van der Waals surface area (Å²) in [6.07, 6.45) is 1.69. The molecule has 0 aliphatic carbocycles. The van der Waals surface area contributed by atoms with Crippen molar-refractivity contribution < 1.29 is 13.2 Å². The number of sulfonamides is 1. The van der Waals surface area contributed by atoms with E-state index in [1.807, 2.05) is 31.2 Å². The third-order valence-corrected chi connectivity index (χ3v) is 4.72. The topological polar surface area (TPSA) is 67.4 Å². The maximum atomic E-state index is 11.9. The lowest BCUT2D eigenvalue weighted by atomic mass is 10.1. The molecule has 112 valence electrons. The largest absolute Gasteiger partial charge is 0.492 e. The van der Waals surface area contributed by atoms with Gasteiger partial charge in [-0.25, -0.2) is 13.1 Å². The van der Waals surface area contributed by atoms with E-state index in [1.54, 1.807) is 0 Å². The fraction of sp³-hybridized carbons (Fsp3) is 0.571. The molecule has 5 nitrogen and oxygen atoms in total. The van der Waals surface area contributed by atoms with E-state index in [9.17, 15) is 8.42 Å². The standard InChI is InChI=1S/C14H22N2O3S/c1-12-2-4-14(5-3-12)19-10-11-20(17,18)16-13-6-8-15-9-7-13/h2-5,13,15-16H,6-11H2,1H3. The summed E-state index contributed by atoms with van der Waals surface area (Å²) in [4.78, 5) is 0. The van der Waals surface area contributed by atoms with E-state index in [4.69, 9.17) is 4.74 Å². The van der Waals surface area contributed by atoms with Crippen molar-refractivity contribution in [3.8, 4) is 5.75 Å². The van der Waals surface area contributed by atoms with Crippen molar-refractivity contribution in [2.45, 2.75) is 25.8 Å². The Balaban J connectivity index is 1.75. The zero-order valence-electron chi connectivity index (χ0n) is 11.8. The Hall–Kier alpha value is -1.11. The summed E-state index contributed by atoms with van der Waals surface area (Å²) < 4.78 is 32.1. The minimum Gasteiger partial charge on any atom is -0.492 e. The van der Waals surface area contributed by atoms with E-state index in [0.717, 1.165) is 31.5 Å². The van der Waals surface area contributed by atoms with Gasteiger partial charge in [-0.1, -0.05) is 17.7 Å². The molecule has 6 heteroatoms. The van der Waals surface area contributed by atoms with Gasteiger partial charge in [0.25, 0.3) is 0 Å². The van der Waals surface area contributed by atoms with Crippen LogP contribution in [0.15, 0.2) is 24.3 Å². The van der Waals surface area contributed by atoms with Crippen LogP contribution in [0.4, 0.5) is 0 Å². The molecule has 1 heterocycles. The van der Waals surface area contributed by atoms with Gasteiger partial charge in [-0.3, -0.25) is 0 Å². The molecule has 1 aliphatic rings. The third kappa shape index (κ3) is 5.11. The van der Waals surface area contributed by atoms with Crippen molar-refractivity contribution >= 4 is 10.0 Å². The number of piperidine rings is 1. The summed E-state index contributed by atoms with van der Waals surface area (Å²) in [7, 11) is -3.26. The Bertz CT molecular complexity index is 508. The van der Waals surface area contributed by atoms with Gasteiger partial charge >= 0.3 is 0 Å². The van der Waals surface area contributed by atoms with Crippen molar-refractivity contribution in [1.29, 1.82) is 0 Å². The highest BCUT2D eigenvalue weighted by molar-refractivity contribution is 7.89. The molecule has 0 saturated carbocycles. The molecule has 0 unspecified atom stereocenters. The summed E-state index contributed by atoms with van der Waals surface area (Å²) in [5.74, 6) is 0.692. The molecule has 0 bridgehead atoms. The van der Waals surface area contributed by atoms with Crippen LogP contribution in [0.2, 0.25) is 0 Å². The number of ether oxygens (including phenoxy) is 1. The van der Waals surface area contributed by atoms with E-state index >= 15 is 0 Å². The molecule has 1 aliphatic heterocycles. The van der Waals surface area contributed by atoms with Crippen LogP contribution in [0.3, 0.4) is 0 Å². The first-order chi connectivity index (χ1) is 9.55. The Morgan fingerprint density at radius 3 is 2.55 bits per heavy atom. The van der Waals surface area contributed by atoms with Crippen LogP contribution >= 0.6 is 0 Å². The lowest BCUT2D eigenvalue weighted by molar-refractivity contribution is 0.339. The lowest BCUT2D eigenvalue weighted by Gasteiger charge is -2.23. The van der Waals surface area contributed by atoms with Crippen LogP contribution < -0.4 is 14.8 Å². The highest BCUT2D eigenvalue weighted by Gasteiger charge is 2.19. The van der Waals surface area contributed by atoms with Gasteiger partial charge in [0.15, 0.2) is 0 Å². The number of benzene rings is 1. The van der Waals surface area contributed by atoms with Gasteiger partial charge in [-0.2, -0.15) is 0 Å². The number of aryl methyl sites for hydroxylation is 1. The summed E-state index contributed by atoms with van der Waals surface area (Å²) in [6, 6.07) is 7.64. The SMILES string of the molecule is Cc1ccc(OCCS(=O)(=O)NC2CCNCC2)cc1. The van der Waals surface area contributed by atoms with Gasteiger partial charge in [0.1, 0.15) is 12.4 Å². The molecule has 0 atom stereocenters. The first-order valence-electron chi connectivity index (χ1n) is 6.95. The average Bonchev–Trinajstić information content (AvgIpc) is 2.41. The van der Waals surface area contributed by atoms with Gasteiger partial charge in [0.05, 0.1) is 5.75 Å². The Labute approximate surface area is 120 Å². The molecule has 0 amide bonds. The minimum absolute atomic E-state index is 0.00912. The molecule has 1 aromatic carbocycles. The van der Waals surface area contributed by atoms with Crippen molar-refractivity contribution in [2.75, 3.05) is 25.4 Å². The summed E-state index contributed by atoms with van der Waals surface area (Å²) in [5.41, 5.74) is 1.15. The normalized spacial score (nSPS) is 17.1. The summed E-state index contributed by atoms with van der Waals surface area (Å²) in [6.45, 7) is 3.90. The van der Waals surface area contributed by atoms with Crippen LogP contribution in [-0.4, -0.2) is 39.9 Å².